The summed E-state index contributed by atoms with van der Waals surface area (Å²) in [4.78, 5) is 21.6. The Hall–Kier alpha value is -2.83. The smallest absolute Gasteiger partial charge is 0.355 e. The van der Waals surface area contributed by atoms with Crippen molar-refractivity contribution in [2.75, 3.05) is 29.6 Å². The van der Waals surface area contributed by atoms with Gasteiger partial charge in [-0.3, -0.25) is 4.79 Å². The molecule has 32 heavy (non-hydrogen) atoms. The topological polar surface area (TPSA) is 92.3 Å². The molecule has 0 radical (unpaired) electrons. The number of aromatic nitrogens is 2. The number of carbonyl (C=O) groups excluding carboxylic acids is 1. The number of carbonyl (C=O) groups is 1. The van der Waals surface area contributed by atoms with Crippen molar-refractivity contribution in [2.45, 2.75) is 30.5 Å². The van der Waals surface area contributed by atoms with Crippen LogP contribution in [0.2, 0.25) is 0 Å². The fourth-order valence-electron chi connectivity index (χ4n) is 3.20. The fraction of sp³-hybridized carbons (Fsp3) is 0.421. The van der Waals surface area contributed by atoms with Crippen molar-refractivity contribution in [3.8, 4) is 0 Å². The van der Waals surface area contributed by atoms with Crippen LogP contribution in [0.3, 0.4) is 0 Å². The minimum absolute atomic E-state index is 0.0210. The van der Waals surface area contributed by atoms with Crippen molar-refractivity contribution in [3.05, 3.63) is 41.7 Å². The van der Waals surface area contributed by atoms with E-state index < -0.39 is 51.3 Å². The van der Waals surface area contributed by atoms with E-state index in [1.54, 1.807) is 0 Å². The lowest BCUT2D eigenvalue weighted by atomic mass is 9.95. The second kappa shape index (κ2) is 8.26. The van der Waals surface area contributed by atoms with Gasteiger partial charge in [-0.2, -0.15) is 13.2 Å². The number of piperidine rings is 1. The zero-order valence-electron chi connectivity index (χ0n) is 16.9. The molecular formula is C19H19F5N4O3S. The molecule has 1 fully saturated rings. The molecule has 0 bridgehead atoms. The maximum Gasteiger partial charge on any atom is 0.417 e. The van der Waals surface area contributed by atoms with Gasteiger partial charge < -0.3 is 10.2 Å². The van der Waals surface area contributed by atoms with Crippen molar-refractivity contribution in [2.24, 2.45) is 5.92 Å². The third kappa shape index (κ3) is 5.14. The number of anilines is 2. The van der Waals surface area contributed by atoms with E-state index in [0.29, 0.717) is 12.3 Å². The van der Waals surface area contributed by atoms with E-state index in [2.05, 4.69) is 15.3 Å². The first-order valence-electron chi connectivity index (χ1n) is 9.36. The SMILES string of the molecule is CC1CN(c2ncc(C(F)(F)F)cc2C(=O)Nc2ccnc(S(C)(=O)=O)c2)CCC1(F)F. The molecule has 1 atom stereocenters. The number of hydrogen-bond donors (Lipinski definition) is 1. The Morgan fingerprint density at radius 2 is 1.94 bits per heavy atom. The monoisotopic (exact) mass is 478 g/mol. The summed E-state index contributed by atoms with van der Waals surface area (Å²) in [6.45, 7) is 0.891. The van der Waals surface area contributed by atoms with Gasteiger partial charge in [-0.05, 0) is 18.2 Å². The summed E-state index contributed by atoms with van der Waals surface area (Å²) in [5.41, 5.74) is -1.68. The molecule has 2 aromatic rings. The number of hydrogen-bond acceptors (Lipinski definition) is 6. The van der Waals surface area contributed by atoms with Gasteiger partial charge in [-0.1, -0.05) is 6.92 Å². The van der Waals surface area contributed by atoms with Gasteiger partial charge in [0.1, 0.15) is 5.82 Å². The molecule has 174 valence electrons. The summed E-state index contributed by atoms with van der Waals surface area (Å²) in [5, 5.41) is 1.99. The Balaban J connectivity index is 1.99. The summed E-state index contributed by atoms with van der Waals surface area (Å²) in [5.74, 6) is -5.22. The van der Waals surface area contributed by atoms with Gasteiger partial charge in [0, 0.05) is 49.8 Å². The summed E-state index contributed by atoms with van der Waals surface area (Å²) in [6, 6.07) is 2.90. The lowest BCUT2D eigenvalue weighted by molar-refractivity contribution is -0.137. The van der Waals surface area contributed by atoms with Crippen LogP contribution in [-0.2, 0) is 16.0 Å². The molecule has 7 nitrogen and oxygen atoms in total. The molecule has 3 heterocycles. The Bertz CT molecular complexity index is 1140. The number of amides is 1. The van der Waals surface area contributed by atoms with Crippen molar-refractivity contribution in [1.82, 2.24) is 9.97 Å². The molecule has 1 aliphatic heterocycles. The van der Waals surface area contributed by atoms with Crippen LogP contribution in [0.1, 0.15) is 29.3 Å². The summed E-state index contributed by atoms with van der Waals surface area (Å²) >= 11 is 0. The third-order valence-corrected chi connectivity index (χ3v) is 6.02. The van der Waals surface area contributed by atoms with Gasteiger partial charge in [-0.25, -0.2) is 27.2 Å². The number of sulfone groups is 1. The molecule has 1 amide bonds. The second-order valence-corrected chi connectivity index (χ2v) is 9.52. The largest absolute Gasteiger partial charge is 0.417 e. The third-order valence-electron chi connectivity index (χ3n) is 5.04. The van der Waals surface area contributed by atoms with Crippen LogP contribution in [0.4, 0.5) is 33.5 Å². The molecule has 1 saturated heterocycles. The Morgan fingerprint density at radius 1 is 1.25 bits per heavy atom. The predicted octanol–water partition coefficient (Wildman–Crippen LogP) is 3.63. The predicted molar refractivity (Wildman–Crippen MR) is 105 cm³/mol. The van der Waals surface area contributed by atoms with E-state index in [1.807, 2.05) is 0 Å². The maximum absolute atomic E-state index is 13.9. The highest BCUT2D eigenvalue weighted by Gasteiger charge is 2.42. The van der Waals surface area contributed by atoms with Gasteiger partial charge in [0.25, 0.3) is 11.8 Å². The standard InChI is InChI=1S/C19H19F5N4O3S/c1-11-10-28(6-4-18(11,20)21)16-14(7-12(9-26-16)19(22,23)24)17(29)27-13-3-5-25-15(8-13)32(2,30)31/h3,5,7-9,11H,4,6,10H2,1-2H3,(H,25,27,29). The molecule has 1 N–H and O–H groups in total. The average Bonchev–Trinajstić information content (AvgIpc) is 2.68. The fourth-order valence-corrected chi connectivity index (χ4v) is 3.79. The van der Waals surface area contributed by atoms with Gasteiger partial charge in [0.15, 0.2) is 14.9 Å². The maximum atomic E-state index is 13.9. The average molecular weight is 478 g/mol. The zero-order chi connectivity index (χ0) is 23.9. The van der Waals surface area contributed by atoms with E-state index in [1.165, 1.54) is 17.9 Å². The Kier molecular flexibility index (Phi) is 6.15. The molecule has 3 rings (SSSR count). The number of halogens is 5. The second-order valence-electron chi connectivity index (χ2n) is 7.56. The molecule has 13 heteroatoms. The van der Waals surface area contributed by atoms with Crippen molar-refractivity contribution in [3.63, 3.8) is 0 Å². The van der Waals surface area contributed by atoms with Gasteiger partial charge in [0.2, 0.25) is 0 Å². The highest BCUT2D eigenvalue weighted by Crippen LogP contribution is 2.37. The van der Waals surface area contributed by atoms with Crippen LogP contribution in [0.25, 0.3) is 0 Å². The first-order valence-corrected chi connectivity index (χ1v) is 11.2. The van der Waals surface area contributed by atoms with Gasteiger partial charge >= 0.3 is 6.18 Å². The number of rotatable bonds is 4. The number of nitrogens with one attached hydrogen (secondary N) is 1. The highest BCUT2D eigenvalue weighted by molar-refractivity contribution is 7.90. The van der Waals surface area contributed by atoms with Crippen molar-refractivity contribution < 1.29 is 35.2 Å². The van der Waals surface area contributed by atoms with Crippen LogP contribution in [0.15, 0.2) is 35.6 Å². The van der Waals surface area contributed by atoms with Crippen molar-refractivity contribution >= 4 is 27.2 Å². The van der Waals surface area contributed by atoms with Gasteiger partial charge in [-0.15, -0.1) is 0 Å². The quantitative estimate of drug-likeness (QED) is 0.675. The normalized spacial score (nSPS) is 19.0. The minimum atomic E-state index is -4.79. The lowest BCUT2D eigenvalue weighted by Crippen LogP contribution is -2.46. The number of pyridine rings is 2. The Labute approximate surface area is 180 Å². The van der Waals surface area contributed by atoms with Crippen molar-refractivity contribution in [1.29, 1.82) is 0 Å². The molecule has 0 saturated carbocycles. The number of alkyl halides is 5. The number of nitrogens with zero attached hydrogens (tertiary/aromatic N) is 3. The molecule has 0 aromatic carbocycles. The van der Waals surface area contributed by atoms with Crippen LogP contribution >= 0.6 is 0 Å². The van der Waals surface area contributed by atoms with E-state index in [9.17, 15) is 35.2 Å². The lowest BCUT2D eigenvalue weighted by Gasteiger charge is -2.38. The van der Waals surface area contributed by atoms with Crippen LogP contribution < -0.4 is 10.2 Å². The molecule has 2 aromatic heterocycles. The summed E-state index contributed by atoms with van der Waals surface area (Å²) < 4.78 is 90.7. The van der Waals surface area contributed by atoms with Gasteiger partial charge in [0.05, 0.1) is 11.1 Å². The van der Waals surface area contributed by atoms with Crippen LogP contribution in [0.5, 0.6) is 0 Å². The van der Waals surface area contributed by atoms with Crippen LogP contribution in [0, 0.1) is 5.92 Å². The van der Waals surface area contributed by atoms with E-state index in [0.717, 1.165) is 18.5 Å². The van der Waals surface area contributed by atoms with Crippen LogP contribution in [-0.4, -0.2) is 49.6 Å². The highest BCUT2D eigenvalue weighted by atomic mass is 32.2. The first-order chi connectivity index (χ1) is 14.7. The Morgan fingerprint density at radius 3 is 2.53 bits per heavy atom. The van der Waals surface area contributed by atoms with E-state index in [-0.39, 0.29) is 29.6 Å². The summed E-state index contributed by atoms with van der Waals surface area (Å²) in [6.07, 6.45) is -2.77. The molecule has 0 aliphatic carbocycles. The molecule has 0 spiro atoms. The first kappa shape index (κ1) is 23.8. The summed E-state index contributed by atoms with van der Waals surface area (Å²) in [7, 11) is -3.70. The molecule has 1 unspecified atom stereocenters. The molecular weight excluding hydrogens is 459 g/mol. The van der Waals surface area contributed by atoms with E-state index in [4.69, 9.17) is 0 Å². The molecule has 1 aliphatic rings. The van der Waals surface area contributed by atoms with E-state index >= 15 is 0 Å². The minimum Gasteiger partial charge on any atom is -0.355 e. The zero-order valence-corrected chi connectivity index (χ0v) is 17.8.